The average molecular weight is 434 g/mol. The second kappa shape index (κ2) is 10.7. The van der Waals surface area contributed by atoms with Gasteiger partial charge in [0.25, 0.3) is 22.1 Å². The van der Waals surface area contributed by atoms with Crippen LogP contribution < -0.4 is 29.6 Å². The van der Waals surface area contributed by atoms with Crippen molar-refractivity contribution in [3.8, 4) is 0 Å². The van der Waals surface area contributed by atoms with Crippen LogP contribution in [0.1, 0.15) is 41.4 Å². The van der Waals surface area contributed by atoms with E-state index in [2.05, 4.69) is 6.07 Å². The molecule has 2 rings (SSSR count). The summed E-state index contributed by atoms with van der Waals surface area (Å²) in [6.45, 7) is 0. The third-order valence-corrected chi connectivity index (χ3v) is 4.00. The molecule has 13 heteroatoms. The van der Waals surface area contributed by atoms with E-state index in [-0.39, 0.29) is 40.7 Å². The Morgan fingerprint density at radius 1 is 0.690 bits per heavy atom. The minimum atomic E-state index is -4.94. The molecule has 0 heterocycles. The van der Waals surface area contributed by atoms with E-state index >= 15 is 0 Å². The largest absolute Gasteiger partial charge is 1.00 e. The average Bonchev–Trinajstić information content (AvgIpc) is 2.60. The molecule has 148 valence electrons. The molecule has 0 saturated carbocycles. The van der Waals surface area contributed by atoms with E-state index in [0.717, 1.165) is 12.1 Å². The summed E-state index contributed by atoms with van der Waals surface area (Å²) in [7, 11) is -4.94. The molecular weight excluding hydrogens is 423 g/mol. The third kappa shape index (κ3) is 7.29. The van der Waals surface area contributed by atoms with Gasteiger partial charge in [-0.2, -0.15) is 26.6 Å². The standard InChI is InChI=1S/C8H5O7S.C8H6O4.Na/c9-7(10)4-2-1-3-5(8(11)12)6(4)16(13,14)15;9-7(10)5-1-2-6(4-3-5)8(11)12;/h2-3H,(H,9,10)(H,11,12)(H,13,14,15);1-4H,(H,9,10)(H,11,12);/q-1;;+1. The van der Waals surface area contributed by atoms with Gasteiger partial charge >= 0.3 is 41.5 Å². The summed E-state index contributed by atoms with van der Waals surface area (Å²) in [4.78, 5) is 40.8. The maximum atomic E-state index is 10.9. The zero-order valence-corrected chi connectivity index (χ0v) is 17.4. The zero-order chi connectivity index (χ0) is 21.6. The van der Waals surface area contributed by atoms with Crippen LogP contribution in [0.3, 0.4) is 0 Å². The Morgan fingerprint density at radius 2 is 1.00 bits per heavy atom. The first-order valence-electron chi connectivity index (χ1n) is 6.91. The number of carbonyl (C=O) groups is 4. The molecule has 11 nitrogen and oxygen atoms in total. The van der Waals surface area contributed by atoms with Crippen LogP contribution in [0, 0.1) is 6.07 Å². The van der Waals surface area contributed by atoms with Crippen molar-refractivity contribution >= 4 is 34.0 Å². The molecule has 0 unspecified atom stereocenters. The van der Waals surface area contributed by atoms with Crippen molar-refractivity contribution in [2.75, 3.05) is 0 Å². The van der Waals surface area contributed by atoms with Crippen molar-refractivity contribution in [1.82, 2.24) is 0 Å². The zero-order valence-electron chi connectivity index (χ0n) is 14.6. The van der Waals surface area contributed by atoms with E-state index in [1.807, 2.05) is 0 Å². The van der Waals surface area contributed by atoms with Gasteiger partial charge in [0.05, 0.1) is 11.1 Å². The fourth-order valence-corrected chi connectivity index (χ4v) is 2.68. The van der Waals surface area contributed by atoms with E-state index in [0.29, 0.717) is 0 Å². The summed E-state index contributed by atoms with van der Waals surface area (Å²) in [5, 5.41) is 34.2. The number of carboxylic acids is 4. The molecule has 0 aliphatic heterocycles. The first-order chi connectivity index (χ1) is 12.9. The van der Waals surface area contributed by atoms with Crippen LogP contribution in [-0.2, 0) is 10.1 Å². The molecule has 0 atom stereocenters. The molecule has 5 N–H and O–H groups in total. The van der Waals surface area contributed by atoms with Gasteiger partial charge in [-0.1, -0.05) is 0 Å². The first kappa shape index (κ1) is 26.2. The Morgan fingerprint density at radius 3 is 1.21 bits per heavy atom. The van der Waals surface area contributed by atoms with Gasteiger partial charge in [-0.15, -0.1) is 0 Å². The Bertz CT molecular complexity index is 978. The second-order valence-electron chi connectivity index (χ2n) is 4.88. The molecule has 0 radical (unpaired) electrons. The smallest absolute Gasteiger partial charge is 0.487 e. The Kier molecular flexibility index (Phi) is 9.67. The topological polar surface area (TPSA) is 204 Å². The minimum Gasteiger partial charge on any atom is -0.487 e. The van der Waals surface area contributed by atoms with E-state index in [4.69, 9.17) is 25.0 Å². The van der Waals surface area contributed by atoms with Crippen molar-refractivity contribution in [3.05, 3.63) is 64.7 Å². The van der Waals surface area contributed by atoms with Crippen LogP contribution in [0.2, 0.25) is 0 Å². The SMILES string of the molecule is O=C(O)c1c[c-]cc(C(=O)O)c1S(=O)(=O)O.O=C(O)c1ccc(C(=O)O)cc1.[Na+]. The van der Waals surface area contributed by atoms with Gasteiger partial charge in [0, 0.05) is 4.90 Å². The molecule has 2 aromatic rings. The summed E-state index contributed by atoms with van der Waals surface area (Å²) in [6, 6.07) is 8.71. The van der Waals surface area contributed by atoms with Gasteiger partial charge in [-0.25, -0.2) is 9.59 Å². The monoisotopic (exact) mass is 434 g/mol. The predicted molar refractivity (Wildman–Crippen MR) is 89.4 cm³/mol. The Labute approximate surface area is 185 Å². The molecule has 0 spiro atoms. The van der Waals surface area contributed by atoms with Gasteiger partial charge in [0.15, 0.2) is 0 Å². The van der Waals surface area contributed by atoms with E-state index in [1.54, 1.807) is 0 Å². The molecule has 0 saturated heterocycles. The van der Waals surface area contributed by atoms with Gasteiger partial charge in [-0.3, -0.25) is 14.1 Å². The molecule has 0 bridgehead atoms. The number of hydrogen-bond acceptors (Lipinski definition) is 6. The molecule has 2 aromatic carbocycles. The van der Waals surface area contributed by atoms with Gasteiger partial charge < -0.3 is 20.4 Å². The van der Waals surface area contributed by atoms with Crippen molar-refractivity contribution in [1.29, 1.82) is 0 Å². The molecule has 0 aliphatic carbocycles. The number of aromatic carboxylic acids is 4. The van der Waals surface area contributed by atoms with Crippen LogP contribution in [0.5, 0.6) is 0 Å². The molecule has 0 amide bonds. The van der Waals surface area contributed by atoms with Crippen molar-refractivity contribution in [3.63, 3.8) is 0 Å². The van der Waals surface area contributed by atoms with Crippen molar-refractivity contribution in [2.45, 2.75) is 4.90 Å². The van der Waals surface area contributed by atoms with Crippen LogP contribution >= 0.6 is 0 Å². The van der Waals surface area contributed by atoms with Crippen LogP contribution in [0.25, 0.3) is 0 Å². The van der Waals surface area contributed by atoms with Crippen LogP contribution in [0.4, 0.5) is 0 Å². The maximum absolute atomic E-state index is 10.9. The molecule has 0 fully saturated rings. The van der Waals surface area contributed by atoms with Crippen molar-refractivity contribution < 1.29 is 82.1 Å². The fraction of sp³-hybridized carbons (Fsp3) is 0. The number of hydrogen-bond donors (Lipinski definition) is 5. The number of benzene rings is 2. The summed E-state index contributed by atoms with van der Waals surface area (Å²) >= 11 is 0. The second-order valence-corrected chi connectivity index (χ2v) is 6.24. The molecular formula is C16H11NaO11S. The predicted octanol–water partition coefficient (Wildman–Crippen LogP) is -1.78. The molecule has 29 heavy (non-hydrogen) atoms. The molecule has 0 aliphatic rings. The van der Waals surface area contributed by atoms with E-state index in [9.17, 15) is 27.6 Å². The summed E-state index contributed by atoms with van der Waals surface area (Å²) in [6.07, 6.45) is 0. The fourth-order valence-electron chi connectivity index (χ4n) is 1.84. The van der Waals surface area contributed by atoms with Gasteiger partial charge in [0.2, 0.25) is 0 Å². The van der Waals surface area contributed by atoms with E-state index < -0.39 is 50.0 Å². The Balaban J connectivity index is 0.000000542. The minimum absolute atomic E-state index is 0. The molecule has 0 aromatic heterocycles. The van der Waals surface area contributed by atoms with Crippen molar-refractivity contribution in [2.24, 2.45) is 0 Å². The summed E-state index contributed by atoms with van der Waals surface area (Å²) in [5.41, 5.74) is -1.52. The van der Waals surface area contributed by atoms with E-state index in [1.165, 1.54) is 24.3 Å². The normalized spacial score (nSPS) is 9.97. The quantitative estimate of drug-likeness (QED) is 0.202. The summed E-state index contributed by atoms with van der Waals surface area (Å²) in [5.74, 6) is -5.47. The number of rotatable bonds is 5. The first-order valence-corrected chi connectivity index (χ1v) is 8.35. The summed E-state index contributed by atoms with van der Waals surface area (Å²) < 4.78 is 30.6. The van der Waals surface area contributed by atoms with Gasteiger partial charge in [0.1, 0.15) is 0 Å². The Hall–Kier alpha value is -2.77. The number of carboxylic acid groups (broad SMARTS) is 4. The maximum Gasteiger partial charge on any atom is 1.00 e. The van der Waals surface area contributed by atoms with Crippen LogP contribution in [0.15, 0.2) is 41.3 Å². The van der Waals surface area contributed by atoms with Gasteiger partial charge in [-0.05, 0) is 35.4 Å². The third-order valence-electron chi connectivity index (χ3n) is 3.04. The van der Waals surface area contributed by atoms with Crippen LogP contribution in [-0.4, -0.2) is 57.3 Å².